The molecule has 42 heavy (non-hydrogen) atoms. The van der Waals surface area contributed by atoms with E-state index >= 15 is 0 Å². The first-order valence-corrected chi connectivity index (χ1v) is 14.5. The van der Waals surface area contributed by atoms with Crippen LogP contribution in [-0.2, 0) is 22.2 Å². The molecule has 2 aromatic carbocycles. The van der Waals surface area contributed by atoms with E-state index in [1.807, 2.05) is 18.2 Å². The van der Waals surface area contributed by atoms with Crippen molar-refractivity contribution in [2.24, 2.45) is 5.10 Å². The lowest BCUT2D eigenvalue weighted by Crippen LogP contribution is -2.44. The number of benzene rings is 2. The molecule has 0 bridgehead atoms. The number of likely N-dealkylation sites (tertiary alicyclic amines) is 1. The smallest absolute Gasteiger partial charge is 0.347 e. The minimum Gasteiger partial charge on any atom is -0.347 e. The molecule has 1 aromatic heterocycles. The zero-order valence-corrected chi connectivity index (χ0v) is 24.2. The molecule has 1 spiro atoms. The number of anilines is 1. The molecule has 0 aliphatic carbocycles. The molecule has 5 rings (SSSR count). The van der Waals surface area contributed by atoms with Crippen molar-refractivity contribution in [2.75, 3.05) is 31.6 Å². The number of hydrogen-bond acceptors (Lipinski definition) is 7. The number of nitrogens with zero attached hydrogens (tertiary/aromatic N) is 2. The number of halogens is 4. The number of ether oxygens (including phenoxy) is 2. The van der Waals surface area contributed by atoms with Gasteiger partial charge in [0.1, 0.15) is 5.00 Å². The predicted molar refractivity (Wildman–Crippen MR) is 154 cm³/mol. The van der Waals surface area contributed by atoms with Crippen molar-refractivity contribution in [2.45, 2.75) is 38.3 Å². The number of carbonyl (C=O) groups is 2. The highest BCUT2D eigenvalue weighted by atomic mass is 35.5. The van der Waals surface area contributed by atoms with Crippen LogP contribution in [0, 0.1) is 6.92 Å². The van der Waals surface area contributed by atoms with Gasteiger partial charge in [0.15, 0.2) is 5.79 Å². The molecule has 0 unspecified atom stereocenters. The quantitative estimate of drug-likeness (QED) is 0.247. The molecule has 8 nitrogen and oxygen atoms in total. The standard InChI is InChI=1S/C29H28ClF3N4O4S/c1-18-17-42-27(24(18)26(39)36-34-15-19-5-6-23(30)22(14-19)29(31,32)33)35-25(38)21-4-2-3-20(13-21)16-37-9-7-28(8-10-37)40-11-12-41-28/h2-6,13-15,17H,7-12,16H2,1H3,(H,35,38)(H,36,39)/b34-15+. The molecule has 13 heteroatoms. The maximum absolute atomic E-state index is 13.1. The van der Waals surface area contributed by atoms with Crippen LogP contribution in [-0.4, -0.2) is 55.0 Å². The summed E-state index contributed by atoms with van der Waals surface area (Å²) in [6.07, 6.45) is -1.94. The number of carbonyl (C=O) groups excluding carboxylic acids is 2. The number of hydrogen-bond donors (Lipinski definition) is 2. The summed E-state index contributed by atoms with van der Waals surface area (Å²) in [5.74, 6) is -1.43. The van der Waals surface area contributed by atoms with Crippen molar-refractivity contribution in [3.63, 3.8) is 0 Å². The van der Waals surface area contributed by atoms with Crippen LogP contribution in [0.15, 0.2) is 52.9 Å². The van der Waals surface area contributed by atoms with Gasteiger partial charge in [-0.3, -0.25) is 14.5 Å². The summed E-state index contributed by atoms with van der Waals surface area (Å²) in [5, 5.41) is 8.23. The van der Waals surface area contributed by atoms with Crippen LogP contribution >= 0.6 is 22.9 Å². The molecule has 3 aromatic rings. The molecule has 0 radical (unpaired) electrons. The van der Waals surface area contributed by atoms with Gasteiger partial charge < -0.3 is 14.8 Å². The van der Waals surface area contributed by atoms with Gasteiger partial charge >= 0.3 is 6.18 Å². The summed E-state index contributed by atoms with van der Waals surface area (Å²) < 4.78 is 50.9. The summed E-state index contributed by atoms with van der Waals surface area (Å²) in [4.78, 5) is 28.3. The largest absolute Gasteiger partial charge is 0.417 e. The van der Waals surface area contributed by atoms with E-state index in [1.165, 1.54) is 17.4 Å². The number of thiophene rings is 1. The molecule has 2 saturated heterocycles. The SMILES string of the molecule is Cc1csc(NC(=O)c2cccc(CN3CCC4(CC3)OCCO4)c2)c1C(=O)N/N=C/c1ccc(Cl)c(C(F)(F)F)c1. The molecular weight excluding hydrogens is 593 g/mol. The van der Waals surface area contributed by atoms with Gasteiger partial charge in [0, 0.05) is 38.0 Å². The Balaban J connectivity index is 1.21. The molecule has 2 aliphatic heterocycles. The second-order valence-corrected chi connectivity index (χ2v) is 11.4. The van der Waals surface area contributed by atoms with Crippen LogP contribution in [0.2, 0.25) is 5.02 Å². The maximum Gasteiger partial charge on any atom is 0.417 e. The molecule has 2 N–H and O–H groups in total. The van der Waals surface area contributed by atoms with Crippen LogP contribution in [0.5, 0.6) is 0 Å². The highest BCUT2D eigenvalue weighted by molar-refractivity contribution is 7.15. The van der Waals surface area contributed by atoms with Crippen molar-refractivity contribution >= 4 is 46.0 Å². The fraction of sp³-hybridized carbons (Fsp3) is 0.345. The van der Waals surface area contributed by atoms with Gasteiger partial charge in [-0.05, 0) is 53.3 Å². The summed E-state index contributed by atoms with van der Waals surface area (Å²) in [6, 6.07) is 10.6. The number of piperidine rings is 1. The topological polar surface area (TPSA) is 92.3 Å². The first-order valence-electron chi connectivity index (χ1n) is 13.2. The van der Waals surface area contributed by atoms with Crippen LogP contribution in [0.1, 0.15) is 55.8 Å². The average Bonchev–Trinajstić information content (AvgIpc) is 3.56. The van der Waals surface area contributed by atoms with Crippen molar-refractivity contribution in [3.8, 4) is 0 Å². The number of nitrogens with one attached hydrogen (secondary N) is 2. The first-order chi connectivity index (χ1) is 20.0. The summed E-state index contributed by atoms with van der Waals surface area (Å²) in [6.45, 7) is 5.31. The number of amides is 2. The van der Waals surface area contributed by atoms with E-state index in [9.17, 15) is 22.8 Å². The van der Waals surface area contributed by atoms with Crippen molar-refractivity contribution in [1.29, 1.82) is 0 Å². The van der Waals surface area contributed by atoms with E-state index in [0.29, 0.717) is 35.9 Å². The molecule has 0 saturated carbocycles. The second-order valence-electron chi connectivity index (χ2n) is 10.1. The second kappa shape index (κ2) is 12.5. The van der Waals surface area contributed by atoms with E-state index < -0.39 is 28.5 Å². The number of alkyl halides is 3. The van der Waals surface area contributed by atoms with Crippen LogP contribution < -0.4 is 10.7 Å². The minimum atomic E-state index is -4.62. The van der Waals surface area contributed by atoms with Crippen molar-refractivity contribution < 1.29 is 32.2 Å². The average molecular weight is 621 g/mol. The van der Waals surface area contributed by atoms with Crippen LogP contribution in [0.3, 0.4) is 0 Å². The molecule has 3 heterocycles. The normalized spacial score (nSPS) is 17.2. The number of aryl methyl sites for hydroxylation is 1. The van der Waals surface area contributed by atoms with E-state index in [-0.39, 0.29) is 17.0 Å². The number of hydrazone groups is 1. The van der Waals surface area contributed by atoms with Crippen LogP contribution in [0.25, 0.3) is 0 Å². The molecule has 2 aliphatic rings. The third kappa shape index (κ3) is 7.01. The lowest BCUT2D eigenvalue weighted by Gasteiger charge is -2.37. The zero-order valence-electron chi connectivity index (χ0n) is 22.6. The van der Waals surface area contributed by atoms with Gasteiger partial charge in [0.25, 0.3) is 11.8 Å². The Bertz CT molecular complexity index is 1490. The van der Waals surface area contributed by atoms with Gasteiger partial charge in [-0.15, -0.1) is 11.3 Å². The molecule has 2 amide bonds. The fourth-order valence-corrected chi connectivity index (χ4v) is 6.12. The van der Waals surface area contributed by atoms with Gasteiger partial charge in [-0.25, -0.2) is 5.43 Å². The number of rotatable bonds is 7. The third-order valence-electron chi connectivity index (χ3n) is 7.13. The Labute approximate surface area is 249 Å². The fourth-order valence-electron chi connectivity index (χ4n) is 4.96. The third-order valence-corrected chi connectivity index (χ3v) is 8.47. The van der Waals surface area contributed by atoms with E-state index in [0.717, 1.165) is 49.8 Å². The van der Waals surface area contributed by atoms with E-state index in [1.54, 1.807) is 18.4 Å². The zero-order chi connectivity index (χ0) is 29.9. The monoisotopic (exact) mass is 620 g/mol. The van der Waals surface area contributed by atoms with Crippen LogP contribution in [0.4, 0.5) is 18.2 Å². The first kappa shape index (κ1) is 30.2. The molecular formula is C29H28ClF3N4O4S. The Hall–Kier alpha value is -3.29. The van der Waals surface area contributed by atoms with Gasteiger partial charge in [-0.1, -0.05) is 29.8 Å². The van der Waals surface area contributed by atoms with Gasteiger partial charge in [0.2, 0.25) is 0 Å². The van der Waals surface area contributed by atoms with Gasteiger partial charge in [-0.2, -0.15) is 18.3 Å². The highest BCUT2D eigenvalue weighted by Crippen LogP contribution is 2.35. The van der Waals surface area contributed by atoms with Crippen molar-refractivity contribution in [3.05, 3.63) is 86.2 Å². The Morgan fingerprint density at radius 3 is 2.57 bits per heavy atom. The van der Waals surface area contributed by atoms with E-state index in [2.05, 4.69) is 20.7 Å². The van der Waals surface area contributed by atoms with Crippen molar-refractivity contribution in [1.82, 2.24) is 10.3 Å². The summed E-state index contributed by atoms with van der Waals surface area (Å²) >= 11 is 6.84. The molecule has 2 fully saturated rings. The van der Waals surface area contributed by atoms with E-state index in [4.69, 9.17) is 21.1 Å². The summed E-state index contributed by atoms with van der Waals surface area (Å²) in [7, 11) is 0. The Kier molecular flexibility index (Phi) is 9.00. The van der Waals surface area contributed by atoms with Gasteiger partial charge in [0.05, 0.1) is 35.6 Å². The molecule has 222 valence electrons. The lowest BCUT2D eigenvalue weighted by molar-refractivity contribution is -0.185. The lowest BCUT2D eigenvalue weighted by atomic mass is 10.0. The highest BCUT2D eigenvalue weighted by Gasteiger charge is 2.39. The minimum absolute atomic E-state index is 0.103. The Morgan fingerprint density at radius 1 is 1.12 bits per heavy atom. The maximum atomic E-state index is 13.1. The molecule has 0 atom stereocenters. The predicted octanol–water partition coefficient (Wildman–Crippen LogP) is 6.08. The Morgan fingerprint density at radius 2 is 1.86 bits per heavy atom. The summed E-state index contributed by atoms with van der Waals surface area (Å²) in [5.41, 5.74) is 3.68.